The highest BCUT2D eigenvalue weighted by Crippen LogP contribution is 2.24. The van der Waals surface area contributed by atoms with Crippen LogP contribution in [0.3, 0.4) is 0 Å². The number of para-hydroxylation sites is 1. The topological polar surface area (TPSA) is 43.6 Å². The van der Waals surface area contributed by atoms with Crippen LogP contribution < -0.4 is 0 Å². The summed E-state index contributed by atoms with van der Waals surface area (Å²) < 4.78 is 1.68. The molecule has 0 saturated heterocycles. The number of benzene rings is 1. The maximum atomic E-state index is 6.13. The molecule has 0 radical (unpaired) electrons. The Morgan fingerprint density at radius 2 is 2.00 bits per heavy atom. The van der Waals surface area contributed by atoms with Crippen molar-refractivity contribution in [2.75, 3.05) is 0 Å². The van der Waals surface area contributed by atoms with Crippen molar-refractivity contribution in [2.45, 2.75) is 5.03 Å². The zero-order valence-electron chi connectivity index (χ0n) is 8.58. The molecule has 3 rings (SSSR count). The van der Waals surface area contributed by atoms with E-state index in [0.29, 0.717) is 15.7 Å². The molecule has 0 aliphatic heterocycles. The quantitative estimate of drug-likeness (QED) is 0.542. The maximum absolute atomic E-state index is 6.13. The highest BCUT2D eigenvalue weighted by molar-refractivity contribution is 7.80. The molecule has 0 atom stereocenters. The van der Waals surface area contributed by atoms with E-state index in [-0.39, 0.29) is 0 Å². The number of nitrogens with zero attached hydrogens (tertiary/aromatic N) is 4. The standard InChI is InChI=1S/C11H7ClN4S/c12-8-3-1-2-4-9(8)16-10-7(5-15-16)11(17)14-6-13-10/h1-6H,(H,13,14,17). The maximum Gasteiger partial charge on any atom is 0.167 e. The lowest BCUT2D eigenvalue weighted by Gasteiger charge is -2.04. The third-order valence-corrected chi connectivity index (χ3v) is 3.10. The SMILES string of the molecule is Sc1ncnc2c1cnn2-c1ccccc1Cl. The van der Waals surface area contributed by atoms with E-state index in [1.807, 2.05) is 24.3 Å². The fourth-order valence-electron chi connectivity index (χ4n) is 1.63. The van der Waals surface area contributed by atoms with Crippen LogP contribution in [0.2, 0.25) is 5.02 Å². The normalized spacial score (nSPS) is 10.9. The van der Waals surface area contributed by atoms with Crippen LogP contribution in [-0.2, 0) is 0 Å². The molecule has 0 aliphatic carbocycles. The molecule has 0 aliphatic rings. The molecule has 1 aromatic carbocycles. The predicted octanol–water partition coefficient (Wildman–Crippen LogP) is 2.76. The lowest BCUT2D eigenvalue weighted by molar-refractivity contribution is 0.894. The van der Waals surface area contributed by atoms with Crippen molar-refractivity contribution in [3.63, 3.8) is 0 Å². The first-order valence-corrected chi connectivity index (χ1v) is 5.72. The molecule has 4 nitrogen and oxygen atoms in total. The van der Waals surface area contributed by atoms with E-state index >= 15 is 0 Å². The molecule has 2 heterocycles. The van der Waals surface area contributed by atoms with Gasteiger partial charge in [0.2, 0.25) is 0 Å². The summed E-state index contributed by atoms with van der Waals surface area (Å²) in [6, 6.07) is 7.47. The molecule has 84 valence electrons. The van der Waals surface area contributed by atoms with Crippen LogP contribution in [0.25, 0.3) is 16.7 Å². The Morgan fingerprint density at radius 1 is 1.18 bits per heavy atom. The van der Waals surface area contributed by atoms with Gasteiger partial charge in [0.1, 0.15) is 11.4 Å². The first kappa shape index (κ1) is 10.6. The summed E-state index contributed by atoms with van der Waals surface area (Å²) in [6.07, 6.45) is 3.14. The molecule has 0 N–H and O–H groups in total. The second-order valence-electron chi connectivity index (χ2n) is 3.44. The summed E-state index contributed by atoms with van der Waals surface area (Å²) in [4.78, 5) is 8.20. The van der Waals surface area contributed by atoms with Crippen molar-refractivity contribution < 1.29 is 0 Å². The Labute approximate surface area is 108 Å². The van der Waals surface area contributed by atoms with Crippen LogP contribution in [0.15, 0.2) is 41.8 Å². The van der Waals surface area contributed by atoms with E-state index < -0.39 is 0 Å². The molecule has 17 heavy (non-hydrogen) atoms. The van der Waals surface area contributed by atoms with E-state index in [2.05, 4.69) is 27.7 Å². The minimum atomic E-state index is 0.605. The van der Waals surface area contributed by atoms with Crippen LogP contribution in [0.4, 0.5) is 0 Å². The second kappa shape index (κ2) is 4.01. The number of thiol groups is 1. The number of aromatic nitrogens is 4. The van der Waals surface area contributed by atoms with Crippen molar-refractivity contribution in [3.05, 3.63) is 41.8 Å². The van der Waals surface area contributed by atoms with E-state index in [0.717, 1.165) is 11.1 Å². The monoisotopic (exact) mass is 262 g/mol. The van der Waals surface area contributed by atoms with Gasteiger partial charge in [0.05, 0.1) is 22.3 Å². The molecule has 2 aromatic heterocycles. The van der Waals surface area contributed by atoms with Crippen molar-refractivity contribution in [1.29, 1.82) is 0 Å². The molecule has 0 bridgehead atoms. The smallest absolute Gasteiger partial charge is 0.167 e. The van der Waals surface area contributed by atoms with Gasteiger partial charge in [0.15, 0.2) is 5.65 Å². The Kier molecular flexibility index (Phi) is 2.49. The summed E-state index contributed by atoms with van der Waals surface area (Å²) in [6.45, 7) is 0. The third-order valence-electron chi connectivity index (χ3n) is 2.43. The summed E-state index contributed by atoms with van der Waals surface area (Å²) in [7, 11) is 0. The highest BCUT2D eigenvalue weighted by Gasteiger charge is 2.10. The minimum Gasteiger partial charge on any atom is -0.229 e. The molecule has 0 unspecified atom stereocenters. The van der Waals surface area contributed by atoms with Gasteiger partial charge in [-0.25, -0.2) is 14.6 Å². The molecule has 0 spiro atoms. The lowest BCUT2D eigenvalue weighted by atomic mass is 10.3. The molecule has 6 heteroatoms. The van der Waals surface area contributed by atoms with E-state index in [1.165, 1.54) is 6.33 Å². The summed E-state index contributed by atoms with van der Waals surface area (Å²) in [5.41, 5.74) is 1.48. The molecular formula is C11H7ClN4S. The van der Waals surface area contributed by atoms with Gasteiger partial charge in [0, 0.05) is 0 Å². The highest BCUT2D eigenvalue weighted by atomic mass is 35.5. The summed E-state index contributed by atoms with van der Waals surface area (Å²) >= 11 is 10.4. The fourth-order valence-corrected chi connectivity index (χ4v) is 2.06. The van der Waals surface area contributed by atoms with E-state index in [1.54, 1.807) is 10.9 Å². The second-order valence-corrected chi connectivity index (χ2v) is 4.27. The fraction of sp³-hybridized carbons (Fsp3) is 0. The first-order valence-electron chi connectivity index (χ1n) is 4.90. The van der Waals surface area contributed by atoms with Crippen molar-refractivity contribution >= 4 is 35.3 Å². The Balaban J connectivity index is 2.33. The van der Waals surface area contributed by atoms with Crippen LogP contribution in [-0.4, -0.2) is 19.7 Å². The van der Waals surface area contributed by atoms with Gasteiger partial charge >= 0.3 is 0 Å². The van der Waals surface area contributed by atoms with Gasteiger partial charge in [-0.1, -0.05) is 23.7 Å². The Morgan fingerprint density at radius 3 is 2.82 bits per heavy atom. The van der Waals surface area contributed by atoms with Gasteiger partial charge in [-0.15, -0.1) is 12.6 Å². The van der Waals surface area contributed by atoms with Gasteiger partial charge in [-0.3, -0.25) is 0 Å². The third kappa shape index (κ3) is 1.67. The molecule has 0 amide bonds. The Bertz CT molecular complexity index is 695. The zero-order valence-corrected chi connectivity index (χ0v) is 10.2. The van der Waals surface area contributed by atoms with Gasteiger partial charge in [0.25, 0.3) is 0 Å². The largest absolute Gasteiger partial charge is 0.229 e. The van der Waals surface area contributed by atoms with E-state index in [4.69, 9.17) is 11.6 Å². The average Bonchev–Trinajstić information content (AvgIpc) is 2.75. The predicted molar refractivity (Wildman–Crippen MR) is 68.9 cm³/mol. The number of halogens is 1. The number of rotatable bonds is 1. The van der Waals surface area contributed by atoms with Crippen LogP contribution >= 0.6 is 24.2 Å². The molecule has 0 fully saturated rings. The minimum absolute atomic E-state index is 0.605. The number of hydrogen-bond donors (Lipinski definition) is 1. The average molecular weight is 263 g/mol. The van der Waals surface area contributed by atoms with Gasteiger partial charge in [-0.2, -0.15) is 5.10 Å². The van der Waals surface area contributed by atoms with Gasteiger partial charge < -0.3 is 0 Å². The van der Waals surface area contributed by atoms with Crippen molar-refractivity contribution in [3.8, 4) is 5.69 Å². The van der Waals surface area contributed by atoms with Crippen LogP contribution in [0.1, 0.15) is 0 Å². The van der Waals surface area contributed by atoms with Crippen molar-refractivity contribution in [1.82, 2.24) is 19.7 Å². The first-order chi connectivity index (χ1) is 8.27. The number of fused-ring (bicyclic) bond motifs is 1. The molecular weight excluding hydrogens is 256 g/mol. The number of hydrogen-bond acceptors (Lipinski definition) is 4. The van der Waals surface area contributed by atoms with Gasteiger partial charge in [-0.05, 0) is 12.1 Å². The zero-order chi connectivity index (χ0) is 11.8. The van der Waals surface area contributed by atoms with Crippen LogP contribution in [0, 0.1) is 0 Å². The molecule has 3 aromatic rings. The van der Waals surface area contributed by atoms with E-state index in [9.17, 15) is 0 Å². The lowest BCUT2D eigenvalue weighted by Crippen LogP contribution is -1.98. The summed E-state index contributed by atoms with van der Waals surface area (Å²) in [5.74, 6) is 0. The van der Waals surface area contributed by atoms with Crippen molar-refractivity contribution in [2.24, 2.45) is 0 Å². The van der Waals surface area contributed by atoms with Crippen LogP contribution in [0.5, 0.6) is 0 Å². The molecule has 0 saturated carbocycles. The summed E-state index contributed by atoms with van der Waals surface area (Å²) in [5, 5.41) is 6.30. The Hall–Kier alpha value is -1.59.